The summed E-state index contributed by atoms with van der Waals surface area (Å²) in [6.07, 6.45) is 13.0. The van der Waals surface area contributed by atoms with E-state index in [1.165, 1.54) is 58.5 Å². The van der Waals surface area contributed by atoms with Gasteiger partial charge in [-0.05, 0) is 91.8 Å². The molecular weight excluding hydrogens is 324 g/mol. The number of carbonyl (C=O) groups is 1. The Bertz CT molecular complexity index is 546. The summed E-state index contributed by atoms with van der Waals surface area (Å²) in [4.78, 5) is 11.7. The van der Waals surface area contributed by atoms with Crippen LogP contribution in [0.25, 0.3) is 0 Å². The molecule has 0 aromatic rings. The van der Waals surface area contributed by atoms with Gasteiger partial charge in [0.25, 0.3) is 0 Å². The van der Waals surface area contributed by atoms with Gasteiger partial charge < -0.3 is 9.84 Å². The summed E-state index contributed by atoms with van der Waals surface area (Å²) in [6.45, 7) is 5.04. The smallest absolute Gasteiger partial charge is 0.305 e. The summed E-state index contributed by atoms with van der Waals surface area (Å²) in [6, 6.07) is 0. The Morgan fingerprint density at radius 2 is 1.81 bits per heavy atom. The van der Waals surface area contributed by atoms with Crippen LogP contribution in [0.2, 0.25) is 0 Å². The van der Waals surface area contributed by atoms with Gasteiger partial charge in [-0.1, -0.05) is 26.7 Å². The van der Waals surface area contributed by atoms with Gasteiger partial charge in [-0.2, -0.15) is 0 Å². The molecule has 4 saturated carbocycles. The maximum atomic E-state index is 11.7. The van der Waals surface area contributed by atoms with Crippen LogP contribution in [-0.2, 0) is 9.53 Å². The molecule has 4 fully saturated rings. The molecule has 4 aliphatic rings. The van der Waals surface area contributed by atoms with Crippen molar-refractivity contribution in [2.45, 2.75) is 90.6 Å². The zero-order chi connectivity index (χ0) is 18.5. The number of esters is 1. The van der Waals surface area contributed by atoms with E-state index in [1.807, 2.05) is 0 Å². The molecule has 1 N–H and O–H groups in total. The van der Waals surface area contributed by atoms with Crippen LogP contribution in [0.5, 0.6) is 0 Å². The number of hydrogen-bond acceptors (Lipinski definition) is 3. The number of fused-ring (bicyclic) bond motifs is 5. The van der Waals surface area contributed by atoms with Gasteiger partial charge in [-0.25, -0.2) is 0 Å². The summed E-state index contributed by atoms with van der Waals surface area (Å²) in [7, 11) is 1.49. The minimum Gasteiger partial charge on any atom is -0.469 e. The molecule has 4 rings (SSSR count). The molecule has 0 saturated heterocycles. The Kier molecular flexibility index (Phi) is 4.91. The lowest BCUT2D eigenvalue weighted by Gasteiger charge is -2.62. The van der Waals surface area contributed by atoms with Gasteiger partial charge >= 0.3 is 5.97 Å². The van der Waals surface area contributed by atoms with Crippen LogP contribution < -0.4 is 0 Å². The van der Waals surface area contributed by atoms with E-state index in [4.69, 9.17) is 4.74 Å². The number of rotatable bonds is 3. The van der Waals surface area contributed by atoms with Crippen molar-refractivity contribution in [2.24, 2.45) is 40.4 Å². The number of aliphatic hydroxyl groups is 1. The van der Waals surface area contributed by atoms with E-state index < -0.39 is 0 Å². The van der Waals surface area contributed by atoms with Crippen molar-refractivity contribution in [3.8, 4) is 0 Å². The third kappa shape index (κ3) is 2.75. The number of carbonyl (C=O) groups excluding carboxylic acids is 1. The topological polar surface area (TPSA) is 46.5 Å². The van der Waals surface area contributed by atoms with Crippen molar-refractivity contribution in [1.29, 1.82) is 0 Å². The van der Waals surface area contributed by atoms with Gasteiger partial charge in [0.15, 0.2) is 0 Å². The van der Waals surface area contributed by atoms with Crippen molar-refractivity contribution in [2.75, 3.05) is 7.11 Å². The van der Waals surface area contributed by atoms with Crippen molar-refractivity contribution in [3.63, 3.8) is 0 Å². The highest BCUT2D eigenvalue weighted by Gasteiger charge is 2.61. The average Bonchev–Trinajstić information content (AvgIpc) is 2.96. The van der Waals surface area contributed by atoms with Gasteiger partial charge in [-0.3, -0.25) is 4.79 Å². The zero-order valence-electron chi connectivity index (χ0n) is 17.0. The predicted molar refractivity (Wildman–Crippen MR) is 102 cm³/mol. The molecule has 4 aliphatic carbocycles. The van der Waals surface area contributed by atoms with Crippen LogP contribution >= 0.6 is 0 Å². The first-order valence-electron chi connectivity index (χ1n) is 11.1. The maximum absolute atomic E-state index is 11.7. The quantitative estimate of drug-likeness (QED) is 0.722. The minimum atomic E-state index is -0.0971. The number of methoxy groups -OCH3 is 1. The van der Waals surface area contributed by atoms with E-state index in [1.54, 1.807) is 0 Å². The van der Waals surface area contributed by atoms with Crippen LogP contribution in [0.4, 0.5) is 0 Å². The van der Waals surface area contributed by atoms with Crippen LogP contribution in [0.1, 0.15) is 84.5 Å². The van der Waals surface area contributed by atoms with Gasteiger partial charge in [0, 0.05) is 6.42 Å². The second-order valence-corrected chi connectivity index (χ2v) is 10.5. The largest absolute Gasteiger partial charge is 0.469 e. The molecule has 0 aromatic heterocycles. The monoisotopic (exact) mass is 362 g/mol. The minimum absolute atomic E-state index is 0.0685. The summed E-state index contributed by atoms with van der Waals surface area (Å²) in [5.41, 5.74) is 0.779. The second kappa shape index (κ2) is 6.79. The molecular formula is C23H38O3. The Morgan fingerprint density at radius 1 is 1.04 bits per heavy atom. The highest BCUT2D eigenvalue weighted by atomic mass is 16.5. The Morgan fingerprint density at radius 3 is 2.58 bits per heavy atom. The molecule has 26 heavy (non-hydrogen) atoms. The summed E-state index contributed by atoms with van der Waals surface area (Å²) >= 11 is 0. The Labute approximate surface area is 159 Å². The van der Waals surface area contributed by atoms with E-state index in [-0.39, 0.29) is 12.1 Å². The molecule has 0 aromatic carbocycles. The highest BCUT2D eigenvalue weighted by molar-refractivity contribution is 5.69. The molecule has 3 heteroatoms. The third-order valence-electron chi connectivity index (χ3n) is 9.72. The van der Waals surface area contributed by atoms with E-state index in [0.717, 1.165) is 18.8 Å². The van der Waals surface area contributed by atoms with Gasteiger partial charge in [-0.15, -0.1) is 0 Å². The van der Waals surface area contributed by atoms with Gasteiger partial charge in [0.2, 0.25) is 0 Å². The highest BCUT2D eigenvalue weighted by Crippen LogP contribution is 2.67. The lowest BCUT2D eigenvalue weighted by molar-refractivity contribution is -0.163. The lowest BCUT2D eigenvalue weighted by atomic mass is 9.44. The van der Waals surface area contributed by atoms with Crippen molar-refractivity contribution >= 4 is 5.97 Å². The Hall–Kier alpha value is -0.570. The molecule has 8 unspecified atom stereocenters. The number of aliphatic hydroxyl groups excluding tert-OH is 1. The Balaban J connectivity index is 1.55. The molecule has 3 nitrogen and oxygen atoms in total. The first-order chi connectivity index (χ1) is 12.4. The summed E-state index contributed by atoms with van der Waals surface area (Å²) in [5, 5.41) is 11.2. The average molecular weight is 363 g/mol. The zero-order valence-corrected chi connectivity index (χ0v) is 17.0. The molecule has 0 heterocycles. The summed E-state index contributed by atoms with van der Waals surface area (Å²) in [5.74, 6) is 3.16. The van der Waals surface area contributed by atoms with Crippen molar-refractivity contribution in [1.82, 2.24) is 0 Å². The number of ether oxygens (including phenoxy) is 1. The first kappa shape index (κ1) is 18.8. The van der Waals surface area contributed by atoms with Crippen LogP contribution in [0, 0.1) is 40.4 Å². The molecule has 0 bridgehead atoms. The maximum Gasteiger partial charge on any atom is 0.305 e. The first-order valence-corrected chi connectivity index (χ1v) is 11.1. The van der Waals surface area contributed by atoms with Crippen LogP contribution in [-0.4, -0.2) is 24.3 Å². The van der Waals surface area contributed by atoms with Gasteiger partial charge in [0.05, 0.1) is 13.2 Å². The molecule has 0 aliphatic heterocycles. The number of hydrogen-bond donors (Lipinski definition) is 1. The molecule has 0 amide bonds. The van der Waals surface area contributed by atoms with E-state index in [0.29, 0.717) is 40.9 Å². The molecule has 0 radical (unpaired) electrons. The predicted octanol–water partition coefficient (Wildman–Crippen LogP) is 4.96. The van der Waals surface area contributed by atoms with E-state index in [2.05, 4.69) is 13.8 Å². The lowest BCUT2D eigenvalue weighted by Crippen LogP contribution is -2.57. The molecule has 0 spiro atoms. The normalized spacial score (nSPS) is 50.5. The SMILES string of the molecule is COC(=O)CCC1CCC2C3C(O)CC4CCCCC4(C)C3CCC12C. The third-order valence-corrected chi connectivity index (χ3v) is 9.72. The van der Waals surface area contributed by atoms with Crippen LogP contribution in [0.3, 0.4) is 0 Å². The fraction of sp³-hybridized carbons (Fsp3) is 0.957. The summed E-state index contributed by atoms with van der Waals surface area (Å²) < 4.78 is 4.88. The van der Waals surface area contributed by atoms with E-state index >= 15 is 0 Å². The van der Waals surface area contributed by atoms with Gasteiger partial charge in [0.1, 0.15) is 0 Å². The van der Waals surface area contributed by atoms with Crippen LogP contribution in [0.15, 0.2) is 0 Å². The fourth-order valence-corrected chi connectivity index (χ4v) is 8.23. The van der Waals surface area contributed by atoms with E-state index in [9.17, 15) is 9.90 Å². The molecule has 8 atom stereocenters. The fourth-order valence-electron chi connectivity index (χ4n) is 8.23. The molecule has 148 valence electrons. The second-order valence-electron chi connectivity index (χ2n) is 10.5. The van der Waals surface area contributed by atoms with Crippen molar-refractivity contribution < 1.29 is 14.6 Å². The van der Waals surface area contributed by atoms with Crippen molar-refractivity contribution in [3.05, 3.63) is 0 Å². The standard InChI is InChI=1S/C23H38O3/c1-22-12-5-4-6-16(22)14-19(24)21-17-9-7-15(8-10-20(25)26-3)23(17,2)13-11-18(21)22/h15-19,21,24H,4-14H2,1-3H3.